The fraction of sp³-hybridized carbons (Fsp3) is 0.100. The third-order valence-electron chi connectivity index (χ3n) is 4.01. The molecule has 7 nitrogen and oxygen atoms in total. The second-order valence-corrected chi connectivity index (χ2v) is 7.14. The minimum atomic E-state index is -4.47. The number of rotatable bonds is 7. The number of hydrogen-bond donors (Lipinski definition) is 1. The van der Waals surface area contributed by atoms with Crippen LogP contribution in [0.5, 0.6) is 5.75 Å². The lowest BCUT2D eigenvalue weighted by Crippen LogP contribution is -2.05. The van der Waals surface area contributed by atoms with Crippen LogP contribution in [0.3, 0.4) is 0 Å². The summed E-state index contributed by atoms with van der Waals surface area (Å²) in [5, 5.41) is 15.1. The average Bonchev–Trinajstić information content (AvgIpc) is 2.73. The summed E-state index contributed by atoms with van der Waals surface area (Å²) in [7, 11) is 0. The van der Waals surface area contributed by atoms with Gasteiger partial charge in [-0.1, -0.05) is 35.3 Å². The van der Waals surface area contributed by atoms with Crippen molar-refractivity contribution in [3.05, 3.63) is 91.6 Å². The molecule has 3 rings (SSSR count). The van der Waals surface area contributed by atoms with E-state index in [9.17, 15) is 23.3 Å². The molecule has 1 heterocycles. The molecule has 32 heavy (non-hydrogen) atoms. The van der Waals surface area contributed by atoms with Crippen LogP contribution in [0.2, 0.25) is 10.0 Å². The third-order valence-corrected chi connectivity index (χ3v) is 4.57. The molecular weight excluding hydrogens is 472 g/mol. The van der Waals surface area contributed by atoms with E-state index < -0.39 is 16.7 Å². The number of alkyl halides is 3. The summed E-state index contributed by atoms with van der Waals surface area (Å²) in [4.78, 5) is 14.0. The number of anilines is 1. The lowest BCUT2D eigenvalue weighted by atomic mass is 10.2. The Bertz CT molecular complexity index is 1130. The number of aromatic nitrogens is 1. The maximum Gasteiger partial charge on any atom is 0.417 e. The van der Waals surface area contributed by atoms with Crippen LogP contribution in [0.15, 0.2) is 59.8 Å². The summed E-state index contributed by atoms with van der Waals surface area (Å²) >= 11 is 12.4. The van der Waals surface area contributed by atoms with Crippen LogP contribution >= 0.6 is 23.2 Å². The Morgan fingerprint density at radius 3 is 2.47 bits per heavy atom. The van der Waals surface area contributed by atoms with Crippen molar-refractivity contribution >= 4 is 40.9 Å². The first-order valence-electron chi connectivity index (χ1n) is 8.81. The van der Waals surface area contributed by atoms with E-state index in [1.807, 2.05) is 0 Å². The monoisotopic (exact) mass is 484 g/mol. The van der Waals surface area contributed by atoms with Crippen LogP contribution in [-0.2, 0) is 12.8 Å². The molecule has 0 atom stereocenters. The number of halogens is 5. The molecule has 3 aromatic rings. The molecule has 0 aliphatic rings. The molecule has 2 aromatic carbocycles. The van der Waals surface area contributed by atoms with Gasteiger partial charge in [0, 0.05) is 18.3 Å². The van der Waals surface area contributed by atoms with Crippen molar-refractivity contribution in [2.45, 2.75) is 12.8 Å². The van der Waals surface area contributed by atoms with Crippen molar-refractivity contribution < 1.29 is 22.8 Å². The molecule has 0 bridgehead atoms. The zero-order chi connectivity index (χ0) is 23.3. The molecule has 1 N–H and O–H groups in total. The predicted molar refractivity (Wildman–Crippen MR) is 114 cm³/mol. The van der Waals surface area contributed by atoms with Gasteiger partial charge in [0.2, 0.25) is 0 Å². The Kier molecular flexibility index (Phi) is 7.16. The van der Waals surface area contributed by atoms with E-state index >= 15 is 0 Å². The second kappa shape index (κ2) is 9.84. The molecule has 0 unspecified atom stereocenters. The van der Waals surface area contributed by atoms with Gasteiger partial charge in [-0.2, -0.15) is 18.3 Å². The molecule has 12 heteroatoms. The highest BCUT2D eigenvalue weighted by molar-refractivity contribution is 6.37. The van der Waals surface area contributed by atoms with E-state index in [1.54, 1.807) is 6.07 Å². The third kappa shape index (κ3) is 6.08. The van der Waals surface area contributed by atoms with Crippen molar-refractivity contribution in [2.24, 2.45) is 5.10 Å². The van der Waals surface area contributed by atoms with Gasteiger partial charge in [0.05, 0.1) is 26.7 Å². The number of hydrogen-bond acceptors (Lipinski definition) is 6. The normalized spacial score (nSPS) is 11.5. The molecule has 1 aromatic heterocycles. The van der Waals surface area contributed by atoms with Crippen molar-refractivity contribution in [2.75, 3.05) is 5.43 Å². The molecule has 0 amide bonds. The molecule has 0 spiro atoms. The topological polar surface area (TPSA) is 89.7 Å². The number of ether oxygens (including phenoxy) is 1. The van der Waals surface area contributed by atoms with Crippen molar-refractivity contribution in [1.82, 2.24) is 4.98 Å². The standard InChI is InChI=1S/C20H13Cl2F3N4O3/c21-16-7-13(9-27-28-18-5-4-14(10-26-18)20(23,24)25)8-17(22)19(16)32-11-12-2-1-3-15(6-12)29(30)31/h1-10H,11H2,(H,26,28)/b27-9-. The van der Waals surface area contributed by atoms with Crippen LogP contribution in [-0.4, -0.2) is 16.1 Å². The number of non-ortho nitro benzene ring substituents is 1. The lowest BCUT2D eigenvalue weighted by Gasteiger charge is -2.11. The number of nitrogens with zero attached hydrogens (tertiary/aromatic N) is 3. The Balaban J connectivity index is 1.65. The Hall–Kier alpha value is -3.37. The summed E-state index contributed by atoms with van der Waals surface area (Å²) in [6.07, 6.45) is -2.43. The minimum Gasteiger partial charge on any atom is -0.486 e. The van der Waals surface area contributed by atoms with E-state index in [-0.39, 0.29) is 33.9 Å². The first-order valence-corrected chi connectivity index (χ1v) is 9.56. The van der Waals surface area contributed by atoms with E-state index in [4.69, 9.17) is 27.9 Å². The van der Waals surface area contributed by atoms with Gasteiger partial charge in [0.25, 0.3) is 5.69 Å². The molecule has 0 saturated carbocycles. The van der Waals surface area contributed by atoms with Crippen LogP contribution in [0, 0.1) is 10.1 Å². The van der Waals surface area contributed by atoms with Gasteiger partial charge >= 0.3 is 6.18 Å². The number of nitro benzene ring substituents is 1. The highest BCUT2D eigenvalue weighted by Gasteiger charge is 2.30. The van der Waals surface area contributed by atoms with Gasteiger partial charge in [-0.15, -0.1) is 0 Å². The fourth-order valence-electron chi connectivity index (χ4n) is 2.51. The average molecular weight is 485 g/mol. The Morgan fingerprint density at radius 2 is 1.88 bits per heavy atom. The van der Waals surface area contributed by atoms with Gasteiger partial charge in [-0.3, -0.25) is 15.5 Å². The molecule has 0 aliphatic carbocycles. The maximum atomic E-state index is 12.5. The summed E-state index contributed by atoms with van der Waals surface area (Å²) in [5.74, 6) is 0.303. The van der Waals surface area contributed by atoms with E-state index in [2.05, 4.69) is 15.5 Å². The van der Waals surface area contributed by atoms with E-state index in [0.29, 0.717) is 17.3 Å². The number of benzene rings is 2. The second-order valence-electron chi connectivity index (χ2n) is 6.33. The summed E-state index contributed by atoms with van der Waals surface area (Å²) < 4.78 is 43.3. The highest BCUT2D eigenvalue weighted by Crippen LogP contribution is 2.34. The van der Waals surface area contributed by atoms with Gasteiger partial charge < -0.3 is 4.74 Å². The first kappa shape index (κ1) is 23.3. The Labute approximate surface area is 189 Å². The van der Waals surface area contributed by atoms with Gasteiger partial charge in [-0.05, 0) is 35.4 Å². The van der Waals surface area contributed by atoms with Gasteiger partial charge in [-0.25, -0.2) is 4.98 Å². The molecule has 0 saturated heterocycles. The molecule has 0 fully saturated rings. The maximum absolute atomic E-state index is 12.5. The number of nitro groups is 1. The van der Waals surface area contributed by atoms with Crippen molar-refractivity contribution in [1.29, 1.82) is 0 Å². The van der Waals surface area contributed by atoms with Gasteiger partial charge in [0.1, 0.15) is 12.4 Å². The minimum absolute atomic E-state index is 0.00962. The van der Waals surface area contributed by atoms with Crippen molar-refractivity contribution in [3.63, 3.8) is 0 Å². The fourth-order valence-corrected chi connectivity index (χ4v) is 3.12. The number of hydrazone groups is 1. The molecular formula is C20H13Cl2F3N4O3. The van der Waals surface area contributed by atoms with Crippen LogP contribution in [0.25, 0.3) is 0 Å². The van der Waals surface area contributed by atoms with E-state index in [1.165, 1.54) is 36.5 Å². The number of pyridine rings is 1. The molecule has 166 valence electrons. The highest BCUT2D eigenvalue weighted by atomic mass is 35.5. The zero-order valence-electron chi connectivity index (χ0n) is 15.9. The predicted octanol–water partition coefficient (Wildman–Crippen LogP) is 6.34. The largest absolute Gasteiger partial charge is 0.486 e. The molecule has 0 aliphatic heterocycles. The summed E-state index contributed by atoms with van der Waals surface area (Å²) in [6.45, 7) is 0.00962. The van der Waals surface area contributed by atoms with Crippen molar-refractivity contribution in [3.8, 4) is 5.75 Å². The first-order chi connectivity index (χ1) is 15.1. The van der Waals surface area contributed by atoms with E-state index in [0.717, 1.165) is 12.1 Å². The van der Waals surface area contributed by atoms with Gasteiger partial charge in [0.15, 0.2) is 5.75 Å². The van der Waals surface area contributed by atoms with Crippen LogP contribution in [0.4, 0.5) is 24.7 Å². The smallest absolute Gasteiger partial charge is 0.417 e. The quantitative estimate of drug-likeness (QED) is 0.240. The lowest BCUT2D eigenvalue weighted by molar-refractivity contribution is -0.384. The number of nitrogens with one attached hydrogen (secondary N) is 1. The Morgan fingerprint density at radius 1 is 1.16 bits per heavy atom. The van der Waals surface area contributed by atoms with Crippen LogP contribution in [0.1, 0.15) is 16.7 Å². The van der Waals surface area contributed by atoms with Crippen LogP contribution < -0.4 is 10.2 Å². The SMILES string of the molecule is O=[N+]([O-])c1cccc(COc2c(Cl)cc(/C=N\Nc3ccc(C(F)(F)F)cn3)cc2Cl)c1. The molecule has 0 radical (unpaired) electrons. The summed E-state index contributed by atoms with van der Waals surface area (Å²) in [5.41, 5.74) is 2.62. The zero-order valence-corrected chi connectivity index (χ0v) is 17.4. The summed E-state index contributed by atoms with van der Waals surface area (Å²) in [6, 6.07) is 11.0.